The average Bonchev–Trinajstić information content (AvgIpc) is 3.26. The number of ether oxygens (including phenoxy) is 2. The summed E-state index contributed by atoms with van der Waals surface area (Å²) in [7, 11) is -0.238. The second kappa shape index (κ2) is 10.1. The van der Waals surface area contributed by atoms with Crippen LogP contribution in [0, 0.1) is 49.4 Å². The van der Waals surface area contributed by atoms with Crippen LogP contribution < -0.4 is 4.74 Å². The van der Waals surface area contributed by atoms with Crippen molar-refractivity contribution in [2.45, 2.75) is 33.3 Å². The van der Waals surface area contributed by atoms with Crippen molar-refractivity contribution in [2.24, 2.45) is 0 Å². The van der Waals surface area contributed by atoms with Gasteiger partial charge in [0, 0.05) is 34.2 Å². The molecular weight excluding hydrogens is 430 g/mol. The molecule has 33 heavy (non-hydrogen) atoms. The van der Waals surface area contributed by atoms with Crippen LogP contribution in [0.4, 0.5) is 0 Å². The minimum absolute atomic E-state index is 0.218. The van der Waals surface area contributed by atoms with Crippen molar-refractivity contribution in [1.82, 2.24) is 0 Å². The van der Waals surface area contributed by atoms with Crippen molar-refractivity contribution < 1.29 is 14.3 Å². The molecule has 0 aliphatic heterocycles. The molecular formula is C28H24NO3S+. The lowest BCUT2D eigenvalue weighted by atomic mass is 10.1. The number of aryl methyl sites for hydroxylation is 2. The van der Waals surface area contributed by atoms with Crippen LogP contribution >= 0.6 is 10.5 Å². The molecule has 0 fully saturated rings. The Morgan fingerprint density at radius 2 is 1.73 bits per heavy atom. The number of carbonyl (C=O) groups is 1. The summed E-state index contributed by atoms with van der Waals surface area (Å²) in [4.78, 5) is 14.5. The first kappa shape index (κ1) is 23.7. The molecule has 2 aromatic carbocycles. The molecule has 1 heterocycles. The van der Waals surface area contributed by atoms with Crippen LogP contribution in [0.3, 0.4) is 0 Å². The van der Waals surface area contributed by atoms with E-state index in [9.17, 15) is 4.79 Å². The van der Waals surface area contributed by atoms with Gasteiger partial charge in [-0.05, 0) is 75.1 Å². The maximum Gasteiger partial charge on any atom is 0.345 e. The van der Waals surface area contributed by atoms with Crippen LogP contribution in [0.2, 0.25) is 0 Å². The van der Waals surface area contributed by atoms with Gasteiger partial charge in [0.2, 0.25) is 4.88 Å². The Morgan fingerprint density at radius 3 is 2.33 bits per heavy atom. The summed E-state index contributed by atoms with van der Waals surface area (Å²) >= 11 is 0. The molecule has 0 saturated heterocycles. The van der Waals surface area contributed by atoms with Crippen LogP contribution in [-0.2, 0) is 9.53 Å². The van der Waals surface area contributed by atoms with Crippen molar-refractivity contribution in [1.29, 1.82) is 5.26 Å². The van der Waals surface area contributed by atoms with E-state index in [0.29, 0.717) is 11.3 Å². The Morgan fingerprint density at radius 1 is 1.09 bits per heavy atom. The Kier molecular flexibility index (Phi) is 7.24. The fraction of sp³-hybridized carbons (Fsp3) is 0.214. The largest absolute Gasteiger partial charge is 0.481 e. The monoisotopic (exact) mass is 454 g/mol. The standard InChI is InChI=1S/C28H24NO3S/c1-6-24-8-7-15-33(24)25-16-20(2)27(21(3)17-25)31-19-26(30)32-28(4,5)14-13-22-9-11-23(18-29)12-10-22/h1,7-12,15-17H,19H2,2-5H3/q+1. The molecule has 0 aliphatic carbocycles. The molecule has 3 aromatic rings. The van der Waals surface area contributed by atoms with E-state index >= 15 is 0 Å². The van der Waals surface area contributed by atoms with Gasteiger partial charge < -0.3 is 9.47 Å². The van der Waals surface area contributed by atoms with Crippen LogP contribution in [0.5, 0.6) is 5.75 Å². The highest BCUT2D eigenvalue weighted by Gasteiger charge is 2.22. The molecule has 164 valence electrons. The quantitative estimate of drug-likeness (QED) is 0.284. The average molecular weight is 455 g/mol. The number of nitrogens with zero attached hydrogens (tertiary/aromatic N) is 1. The van der Waals surface area contributed by atoms with Crippen LogP contribution in [0.25, 0.3) is 4.90 Å². The van der Waals surface area contributed by atoms with E-state index in [1.54, 1.807) is 38.1 Å². The molecule has 0 bridgehead atoms. The van der Waals surface area contributed by atoms with Crippen LogP contribution in [-0.4, -0.2) is 18.2 Å². The number of benzene rings is 2. The van der Waals surface area contributed by atoms with E-state index in [2.05, 4.69) is 29.2 Å². The topological polar surface area (TPSA) is 59.3 Å². The van der Waals surface area contributed by atoms with Crippen molar-refractivity contribution >= 4 is 16.4 Å². The van der Waals surface area contributed by atoms with Gasteiger partial charge in [0.1, 0.15) is 11.1 Å². The summed E-state index contributed by atoms with van der Waals surface area (Å²) in [6.45, 7) is 7.13. The van der Waals surface area contributed by atoms with E-state index in [1.807, 2.05) is 38.1 Å². The first-order valence-electron chi connectivity index (χ1n) is 10.3. The second-order valence-corrected chi connectivity index (χ2v) is 9.80. The molecule has 4 nitrogen and oxygen atoms in total. The highest BCUT2D eigenvalue weighted by Crippen LogP contribution is 2.38. The lowest BCUT2D eigenvalue weighted by Gasteiger charge is -2.19. The van der Waals surface area contributed by atoms with Gasteiger partial charge in [-0.2, -0.15) is 5.26 Å². The number of terminal acetylenes is 1. The first-order chi connectivity index (χ1) is 15.7. The molecule has 0 amide bonds. The highest BCUT2D eigenvalue weighted by atomic mass is 32.2. The molecule has 3 rings (SSSR count). The van der Waals surface area contributed by atoms with Crippen LogP contribution in [0.1, 0.15) is 41.0 Å². The lowest BCUT2D eigenvalue weighted by molar-refractivity contribution is -0.154. The van der Waals surface area contributed by atoms with Gasteiger partial charge in [0.05, 0.1) is 11.6 Å². The fourth-order valence-electron chi connectivity index (χ4n) is 3.26. The SMILES string of the molecule is C#Cc1ccc[s+]1-c1cc(C)c(OCC(=O)OC(C)(C)C#Cc2ccc(C#N)cc2)c(C)c1. The summed E-state index contributed by atoms with van der Waals surface area (Å²) in [5, 5.41) is 11.0. The summed E-state index contributed by atoms with van der Waals surface area (Å²) in [5.41, 5.74) is 2.18. The molecule has 0 spiro atoms. The zero-order chi connectivity index (χ0) is 24.0. The van der Waals surface area contributed by atoms with Crippen LogP contribution in [0.15, 0.2) is 53.9 Å². The number of hydrogen-bond donors (Lipinski definition) is 0. The van der Waals surface area contributed by atoms with Gasteiger partial charge in [-0.3, -0.25) is 0 Å². The van der Waals surface area contributed by atoms with Crippen molar-refractivity contribution in [3.8, 4) is 40.9 Å². The molecule has 0 N–H and O–H groups in total. The molecule has 0 radical (unpaired) electrons. The summed E-state index contributed by atoms with van der Waals surface area (Å²) in [6, 6.07) is 17.0. The van der Waals surface area contributed by atoms with Gasteiger partial charge >= 0.3 is 5.97 Å². The fourth-order valence-corrected chi connectivity index (χ4v) is 5.01. The normalized spacial score (nSPS) is 10.9. The Bertz CT molecular complexity index is 1300. The Balaban J connectivity index is 1.65. The number of rotatable bonds is 5. The molecule has 1 unspecified atom stereocenters. The number of esters is 1. The zero-order valence-electron chi connectivity index (χ0n) is 19.1. The van der Waals surface area contributed by atoms with Crippen molar-refractivity contribution in [2.75, 3.05) is 6.61 Å². The molecule has 1 aromatic heterocycles. The third kappa shape index (κ3) is 6.05. The van der Waals surface area contributed by atoms with E-state index in [-0.39, 0.29) is 17.1 Å². The number of thiophene rings is 1. The predicted molar refractivity (Wildman–Crippen MR) is 131 cm³/mol. The predicted octanol–water partition coefficient (Wildman–Crippen LogP) is 5.65. The van der Waals surface area contributed by atoms with Gasteiger partial charge in [0.25, 0.3) is 0 Å². The van der Waals surface area contributed by atoms with Gasteiger partial charge in [-0.1, -0.05) is 11.8 Å². The first-order valence-corrected chi connectivity index (χ1v) is 11.6. The van der Waals surface area contributed by atoms with E-state index in [1.165, 1.54) is 0 Å². The lowest BCUT2D eigenvalue weighted by Crippen LogP contribution is -2.29. The minimum atomic E-state index is -0.990. The number of hydrogen-bond acceptors (Lipinski definition) is 4. The highest BCUT2D eigenvalue weighted by molar-refractivity contribution is 7.38. The van der Waals surface area contributed by atoms with Gasteiger partial charge in [-0.15, -0.1) is 6.42 Å². The number of carbonyl (C=O) groups excluding carboxylic acids is 1. The minimum Gasteiger partial charge on any atom is -0.481 e. The molecule has 1 atom stereocenters. The van der Waals surface area contributed by atoms with Crippen molar-refractivity contribution in [3.63, 3.8) is 0 Å². The molecule has 5 heteroatoms. The van der Waals surface area contributed by atoms with Gasteiger partial charge in [0.15, 0.2) is 17.1 Å². The molecule has 0 saturated carbocycles. The Hall–Kier alpha value is -3.98. The number of nitriles is 1. The summed E-state index contributed by atoms with van der Waals surface area (Å²) in [6.07, 6.45) is 5.62. The Labute approximate surface area is 197 Å². The maximum absolute atomic E-state index is 12.4. The van der Waals surface area contributed by atoms with Crippen molar-refractivity contribution in [3.05, 3.63) is 81.0 Å². The second-order valence-electron chi connectivity index (χ2n) is 7.94. The summed E-state index contributed by atoms with van der Waals surface area (Å²) < 4.78 is 11.3. The molecule has 0 aliphatic rings. The summed E-state index contributed by atoms with van der Waals surface area (Å²) in [5.74, 6) is 8.83. The maximum atomic E-state index is 12.4. The van der Waals surface area contributed by atoms with E-state index in [4.69, 9.17) is 21.2 Å². The van der Waals surface area contributed by atoms with E-state index < -0.39 is 11.6 Å². The third-order valence-corrected chi connectivity index (χ3v) is 6.66. The zero-order valence-corrected chi connectivity index (χ0v) is 19.9. The smallest absolute Gasteiger partial charge is 0.345 e. The van der Waals surface area contributed by atoms with E-state index in [0.717, 1.165) is 26.5 Å². The third-order valence-electron chi connectivity index (χ3n) is 4.75. The van der Waals surface area contributed by atoms with Gasteiger partial charge in [-0.25, -0.2) is 4.79 Å².